The molecule has 2 aromatic rings. The summed E-state index contributed by atoms with van der Waals surface area (Å²) in [7, 11) is 1.66. The van der Waals surface area contributed by atoms with Gasteiger partial charge in [-0.1, -0.05) is 48.5 Å². The predicted molar refractivity (Wildman–Crippen MR) is 86.6 cm³/mol. The van der Waals surface area contributed by atoms with Gasteiger partial charge in [-0.3, -0.25) is 4.79 Å². The lowest BCUT2D eigenvalue weighted by atomic mass is 10.1. The van der Waals surface area contributed by atoms with Gasteiger partial charge in [-0.15, -0.1) is 0 Å². The molecule has 2 atom stereocenters. The Labute approximate surface area is 131 Å². The van der Waals surface area contributed by atoms with E-state index in [4.69, 9.17) is 4.74 Å². The largest absolute Gasteiger partial charge is 0.357 e. The van der Waals surface area contributed by atoms with Crippen molar-refractivity contribution in [1.82, 2.24) is 4.90 Å². The van der Waals surface area contributed by atoms with Gasteiger partial charge in [0.15, 0.2) is 6.23 Å². The van der Waals surface area contributed by atoms with Gasteiger partial charge >= 0.3 is 0 Å². The van der Waals surface area contributed by atoms with Gasteiger partial charge in [0.05, 0.1) is 0 Å². The summed E-state index contributed by atoms with van der Waals surface area (Å²) in [5.74, 6) is 0.0722. The minimum absolute atomic E-state index is 0.0722. The van der Waals surface area contributed by atoms with Crippen LogP contribution in [-0.2, 0) is 11.2 Å². The van der Waals surface area contributed by atoms with Crippen molar-refractivity contribution in [1.29, 1.82) is 0 Å². The smallest absolute Gasteiger partial charge is 0.256 e. The second kappa shape index (κ2) is 6.32. The third-order valence-corrected chi connectivity index (χ3v) is 4.34. The highest BCUT2D eigenvalue weighted by molar-refractivity contribution is 5.99. The molecule has 0 aliphatic carbocycles. The Morgan fingerprint density at radius 2 is 1.77 bits per heavy atom. The van der Waals surface area contributed by atoms with Crippen LogP contribution in [-0.4, -0.2) is 24.0 Å². The van der Waals surface area contributed by atoms with Crippen LogP contribution in [0.2, 0.25) is 0 Å². The molecule has 3 heteroatoms. The van der Waals surface area contributed by atoms with Crippen LogP contribution in [0.1, 0.15) is 41.1 Å². The number of methoxy groups -OCH3 is 1. The summed E-state index contributed by atoms with van der Waals surface area (Å²) in [5.41, 5.74) is 3.04. The molecule has 1 amide bonds. The Bertz CT molecular complexity index is 653. The summed E-state index contributed by atoms with van der Waals surface area (Å²) in [6.45, 7) is 2.10. The van der Waals surface area contributed by atoms with E-state index in [1.807, 2.05) is 35.2 Å². The summed E-state index contributed by atoms with van der Waals surface area (Å²) >= 11 is 0. The Kier molecular flexibility index (Phi) is 4.25. The zero-order valence-electron chi connectivity index (χ0n) is 13.0. The first-order valence-electron chi connectivity index (χ1n) is 7.70. The number of amides is 1. The van der Waals surface area contributed by atoms with E-state index in [-0.39, 0.29) is 18.2 Å². The number of benzene rings is 2. The summed E-state index contributed by atoms with van der Waals surface area (Å²) in [6, 6.07) is 18.2. The van der Waals surface area contributed by atoms with Gasteiger partial charge in [-0.25, -0.2) is 0 Å². The van der Waals surface area contributed by atoms with E-state index in [9.17, 15) is 4.79 Å². The molecule has 2 aromatic carbocycles. The van der Waals surface area contributed by atoms with Crippen molar-refractivity contribution in [2.24, 2.45) is 0 Å². The fourth-order valence-corrected chi connectivity index (χ4v) is 3.13. The highest BCUT2D eigenvalue weighted by Crippen LogP contribution is 2.36. The molecule has 0 saturated heterocycles. The van der Waals surface area contributed by atoms with Gasteiger partial charge in [0.25, 0.3) is 5.91 Å². The first-order chi connectivity index (χ1) is 10.7. The zero-order chi connectivity index (χ0) is 15.5. The van der Waals surface area contributed by atoms with Crippen molar-refractivity contribution in [2.45, 2.75) is 32.0 Å². The highest BCUT2D eigenvalue weighted by atomic mass is 16.5. The molecule has 0 aromatic heterocycles. The van der Waals surface area contributed by atoms with Crippen LogP contribution < -0.4 is 0 Å². The summed E-state index contributed by atoms with van der Waals surface area (Å²) in [5, 5.41) is 0. The number of carbonyl (C=O) groups excluding carboxylic acids is 1. The Morgan fingerprint density at radius 1 is 1.09 bits per heavy atom. The van der Waals surface area contributed by atoms with Crippen LogP contribution in [0.25, 0.3) is 0 Å². The Hall–Kier alpha value is -2.13. The van der Waals surface area contributed by atoms with E-state index in [1.54, 1.807) is 7.11 Å². The van der Waals surface area contributed by atoms with Gasteiger partial charge in [-0.2, -0.15) is 0 Å². The fraction of sp³-hybridized carbons (Fsp3) is 0.316. The van der Waals surface area contributed by atoms with E-state index >= 15 is 0 Å². The standard InChI is InChI=1S/C19H21NO2/c1-14(12-13-15-8-4-3-5-9-15)20-18(21)16-10-6-7-11-17(16)19(20)22-2/h3-11,14,19H,12-13H2,1-2H3/t14-,19-/m1/s1. The lowest BCUT2D eigenvalue weighted by Gasteiger charge is -2.30. The van der Waals surface area contributed by atoms with Crippen LogP contribution in [0.5, 0.6) is 0 Å². The van der Waals surface area contributed by atoms with E-state index in [1.165, 1.54) is 5.56 Å². The van der Waals surface area contributed by atoms with Crippen molar-refractivity contribution in [2.75, 3.05) is 7.11 Å². The summed E-state index contributed by atoms with van der Waals surface area (Å²) in [6.07, 6.45) is 1.61. The molecular formula is C19H21NO2. The van der Waals surface area contributed by atoms with Crippen LogP contribution in [0.4, 0.5) is 0 Å². The molecule has 0 unspecified atom stereocenters. The monoisotopic (exact) mass is 295 g/mol. The van der Waals surface area contributed by atoms with Crippen molar-refractivity contribution in [3.8, 4) is 0 Å². The molecule has 1 aliphatic rings. The predicted octanol–water partition coefficient (Wildman–Crippen LogP) is 3.81. The van der Waals surface area contributed by atoms with Crippen LogP contribution in [0.15, 0.2) is 54.6 Å². The van der Waals surface area contributed by atoms with E-state index in [2.05, 4.69) is 31.2 Å². The minimum atomic E-state index is -0.269. The molecule has 0 spiro atoms. The van der Waals surface area contributed by atoms with E-state index < -0.39 is 0 Å². The van der Waals surface area contributed by atoms with Crippen LogP contribution in [0, 0.1) is 0 Å². The molecule has 22 heavy (non-hydrogen) atoms. The molecule has 0 saturated carbocycles. The third kappa shape index (κ3) is 2.64. The quantitative estimate of drug-likeness (QED) is 0.839. The molecular weight excluding hydrogens is 274 g/mol. The third-order valence-electron chi connectivity index (χ3n) is 4.34. The molecule has 1 aliphatic heterocycles. The lowest BCUT2D eigenvalue weighted by Crippen LogP contribution is -2.37. The Balaban J connectivity index is 1.75. The van der Waals surface area contributed by atoms with Crippen molar-refractivity contribution < 1.29 is 9.53 Å². The summed E-state index contributed by atoms with van der Waals surface area (Å²) < 4.78 is 5.60. The van der Waals surface area contributed by atoms with Crippen molar-refractivity contribution >= 4 is 5.91 Å². The van der Waals surface area contributed by atoms with Gasteiger partial charge in [0, 0.05) is 24.3 Å². The first kappa shape index (κ1) is 14.8. The number of rotatable bonds is 5. The van der Waals surface area contributed by atoms with Gasteiger partial charge in [-0.05, 0) is 31.4 Å². The molecule has 3 nitrogen and oxygen atoms in total. The van der Waals surface area contributed by atoms with Gasteiger partial charge in [0.2, 0.25) is 0 Å². The minimum Gasteiger partial charge on any atom is -0.357 e. The van der Waals surface area contributed by atoms with Crippen LogP contribution in [0.3, 0.4) is 0 Å². The highest BCUT2D eigenvalue weighted by Gasteiger charge is 2.38. The average molecular weight is 295 g/mol. The van der Waals surface area contributed by atoms with Crippen molar-refractivity contribution in [3.05, 3.63) is 71.3 Å². The molecule has 0 N–H and O–H groups in total. The molecule has 114 valence electrons. The SMILES string of the molecule is CO[C@@H]1c2ccccc2C(=O)N1[C@H](C)CCc1ccccc1. The maximum absolute atomic E-state index is 12.7. The fourth-order valence-electron chi connectivity index (χ4n) is 3.13. The number of aryl methyl sites for hydroxylation is 1. The Morgan fingerprint density at radius 3 is 2.50 bits per heavy atom. The van der Waals surface area contributed by atoms with Crippen molar-refractivity contribution in [3.63, 3.8) is 0 Å². The maximum Gasteiger partial charge on any atom is 0.256 e. The molecule has 0 fully saturated rings. The molecule has 0 radical (unpaired) electrons. The number of ether oxygens (including phenoxy) is 1. The zero-order valence-corrected chi connectivity index (χ0v) is 13.0. The number of hydrogen-bond acceptors (Lipinski definition) is 2. The maximum atomic E-state index is 12.7. The molecule has 3 rings (SSSR count). The normalized spacial score (nSPS) is 18.4. The first-order valence-corrected chi connectivity index (χ1v) is 7.70. The molecule has 0 bridgehead atoms. The second-order valence-corrected chi connectivity index (χ2v) is 5.76. The van der Waals surface area contributed by atoms with Gasteiger partial charge in [0.1, 0.15) is 0 Å². The number of carbonyl (C=O) groups is 1. The lowest BCUT2D eigenvalue weighted by molar-refractivity contribution is -0.0295. The van der Waals surface area contributed by atoms with Crippen LogP contribution >= 0.6 is 0 Å². The van der Waals surface area contributed by atoms with E-state index in [0.29, 0.717) is 0 Å². The number of hydrogen-bond donors (Lipinski definition) is 0. The summed E-state index contributed by atoms with van der Waals surface area (Å²) in [4.78, 5) is 14.5. The topological polar surface area (TPSA) is 29.5 Å². The second-order valence-electron chi connectivity index (χ2n) is 5.76. The number of nitrogens with zero attached hydrogens (tertiary/aromatic N) is 1. The number of fused-ring (bicyclic) bond motifs is 1. The molecule has 1 heterocycles. The van der Waals surface area contributed by atoms with Gasteiger partial charge < -0.3 is 9.64 Å². The van der Waals surface area contributed by atoms with E-state index in [0.717, 1.165) is 24.0 Å². The average Bonchev–Trinajstić information content (AvgIpc) is 2.86.